The smallest absolute Gasteiger partial charge is 0.240 e. The van der Waals surface area contributed by atoms with Gasteiger partial charge in [0.25, 0.3) is 0 Å². The minimum Gasteiger partial charge on any atom is -0.396 e. The van der Waals surface area contributed by atoms with Crippen molar-refractivity contribution in [2.75, 3.05) is 18.9 Å². The number of anilines is 1. The highest BCUT2D eigenvalue weighted by Gasteiger charge is 2.23. The Kier molecular flexibility index (Phi) is 3.32. The van der Waals surface area contributed by atoms with Crippen molar-refractivity contribution >= 4 is 15.7 Å². The SMILES string of the molecule is Nc1cc(S(=O)(=O)NC2CCOC2)ccc1F. The summed E-state index contributed by atoms with van der Waals surface area (Å²) in [4.78, 5) is -0.0386. The van der Waals surface area contributed by atoms with Gasteiger partial charge in [0.15, 0.2) is 0 Å². The topological polar surface area (TPSA) is 81.4 Å². The minimum atomic E-state index is -3.66. The molecule has 3 N–H and O–H groups in total. The molecule has 0 saturated carbocycles. The van der Waals surface area contributed by atoms with Gasteiger partial charge in [-0.2, -0.15) is 0 Å². The van der Waals surface area contributed by atoms with E-state index in [2.05, 4.69) is 4.72 Å². The first-order chi connectivity index (χ1) is 7.99. The molecule has 94 valence electrons. The van der Waals surface area contributed by atoms with E-state index in [-0.39, 0.29) is 16.6 Å². The zero-order valence-corrected chi connectivity index (χ0v) is 9.84. The van der Waals surface area contributed by atoms with Crippen LogP contribution in [0, 0.1) is 5.82 Å². The second-order valence-electron chi connectivity index (χ2n) is 3.87. The molecule has 1 saturated heterocycles. The van der Waals surface area contributed by atoms with Crippen LogP contribution in [0.5, 0.6) is 0 Å². The maximum Gasteiger partial charge on any atom is 0.240 e. The number of ether oxygens (including phenoxy) is 1. The molecule has 1 atom stereocenters. The zero-order chi connectivity index (χ0) is 12.5. The molecule has 1 aromatic rings. The van der Waals surface area contributed by atoms with Crippen LogP contribution in [0.1, 0.15) is 6.42 Å². The molecule has 0 aromatic heterocycles. The molecular weight excluding hydrogens is 247 g/mol. The maximum atomic E-state index is 12.9. The summed E-state index contributed by atoms with van der Waals surface area (Å²) in [5.41, 5.74) is 5.15. The van der Waals surface area contributed by atoms with Gasteiger partial charge < -0.3 is 10.5 Å². The van der Waals surface area contributed by atoms with Crippen molar-refractivity contribution in [1.29, 1.82) is 0 Å². The Labute approximate surface area is 98.8 Å². The van der Waals surface area contributed by atoms with Crippen molar-refractivity contribution in [3.8, 4) is 0 Å². The lowest BCUT2D eigenvalue weighted by atomic mass is 10.3. The summed E-state index contributed by atoms with van der Waals surface area (Å²) in [6.45, 7) is 0.897. The first-order valence-electron chi connectivity index (χ1n) is 5.14. The number of hydrogen-bond acceptors (Lipinski definition) is 4. The lowest BCUT2D eigenvalue weighted by Crippen LogP contribution is -2.35. The summed E-state index contributed by atoms with van der Waals surface area (Å²) in [6, 6.07) is 3.10. The molecule has 0 aliphatic carbocycles. The van der Waals surface area contributed by atoms with E-state index in [1.165, 1.54) is 6.07 Å². The fourth-order valence-electron chi connectivity index (χ4n) is 1.60. The van der Waals surface area contributed by atoms with Gasteiger partial charge in [-0.1, -0.05) is 0 Å². The fraction of sp³-hybridized carbons (Fsp3) is 0.400. The Balaban J connectivity index is 2.21. The Bertz CT molecular complexity index is 512. The molecule has 0 spiro atoms. The van der Waals surface area contributed by atoms with E-state index < -0.39 is 15.8 Å². The van der Waals surface area contributed by atoms with E-state index in [4.69, 9.17) is 10.5 Å². The fourth-order valence-corrected chi connectivity index (χ4v) is 2.89. The molecule has 1 fully saturated rings. The van der Waals surface area contributed by atoms with Crippen LogP contribution in [-0.2, 0) is 14.8 Å². The molecule has 5 nitrogen and oxygen atoms in total. The van der Waals surface area contributed by atoms with Crippen molar-refractivity contribution in [2.45, 2.75) is 17.4 Å². The summed E-state index contributed by atoms with van der Waals surface area (Å²) in [6.07, 6.45) is 0.635. The van der Waals surface area contributed by atoms with E-state index >= 15 is 0 Å². The van der Waals surface area contributed by atoms with Crippen LogP contribution in [-0.4, -0.2) is 27.7 Å². The monoisotopic (exact) mass is 260 g/mol. The summed E-state index contributed by atoms with van der Waals surface area (Å²) in [7, 11) is -3.66. The molecule has 1 aliphatic rings. The molecule has 17 heavy (non-hydrogen) atoms. The highest BCUT2D eigenvalue weighted by atomic mass is 32.2. The Morgan fingerprint density at radius 1 is 1.47 bits per heavy atom. The van der Waals surface area contributed by atoms with Gasteiger partial charge in [0.05, 0.1) is 17.2 Å². The first kappa shape index (κ1) is 12.3. The van der Waals surface area contributed by atoms with Gasteiger partial charge in [-0.25, -0.2) is 17.5 Å². The van der Waals surface area contributed by atoms with Crippen LogP contribution in [0.15, 0.2) is 23.1 Å². The predicted molar refractivity (Wildman–Crippen MR) is 60.4 cm³/mol. The van der Waals surface area contributed by atoms with E-state index in [1.54, 1.807) is 0 Å². The highest BCUT2D eigenvalue weighted by molar-refractivity contribution is 7.89. The molecule has 1 unspecified atom stereocenters. The van der Waals surface area contributed by atoms with Gasteiger partial charge in [-0.05, 0) is 24.6 Å². The van der Waals surface area contributed by atoms with Crippen molar-refractivity contribution in [2.24, 2.45) is 0 Å². The van der Waals surface area contributed by atoms with Gasteiger partial charge in [-0.15, -0.1) is 0 Å². The lowest BCUT2D eigenvalue weighted by Gasteiger charge is -2.11. The van der Waals surface area contributed by atoms with E-state index in [0.717, 1.165) is 12.1 Å². The van der Waals surface area contributed by atoms with Crippen LogP contribution < -0.4 is 10.5 Å². The molecule has 0 bridgehead atoms. The van der Waals surface area contributed by atoms with Crippen molar-refractivity contribution in [3.05, 3.63) is 24.0 Å². The third-order valence-electron chi connectivity index (χ3n) is 2.53. The molecule has 7 heteroatoms. The van der Waals surface area contributed by atoms with E-state index in [9.17, 15) is 12.8 Å². The predicted octanol–water partition coefficient (Wildman–Crippen LogP) is 0.475. The number of nitrogens with two attached hydrogens (primary N) is 1. The molecular formula is C10H13FN2O3S. The molecule has 1 aliphatic heterocycles. The quantitative estimate of drug-likeness (QED) is 0.774. The van der Waals surface area contributed by atoms with Crippen LogP contribution >= 0.6 is 0 Å². The van der Waals surface area contributed by atoms with Crippen LogP contribution in [0.3, 0.4) is 0 Å². The number of nitrogen functional groups attached to an aromatic ring is 1. The largest absolute Gasteiger partial charge is 0.396 e. The second kappa shape index (κ2) is 4.59. The summed E-state index contributed by atoms with van der Waals surface area (Å²) in [5.74, 6) is -0.631. The Morgan fingerprint density at radius 3 is 2.82 bits per heavy atom. The zero-order valence-electron chi connectivity index (χ0n) is 9.02. The third kappa shape index (κ3) is 2.74. The van der Waals surface area contributed by atoms with E-state index in [0.29, 0.717) is 19.6 Å². The number of halogens is 1. The lowest BCUT2D eigenvalue weighted by molar-refractivity contribution is 0.192. The summed E-state index contributed by atoms with van der Waals surface area (Å²) in [5, 5.41) is 0. The molecule has 0 radical (unpaired) electrons. The standard InChI is InChI=1S/C10H13FN2O3S/c11-9-2-1-8(5-10(9)12)17(14,15)13-7-3-4-16-6-7/h1-2,5,7,13H,3-4,6,12H2. The number of hydrogen-bond donors (Lipinski definition) is 2. The van der Waals surface area contributed by atoms with Crippen LogP contribution in [0.4, 0.5) is 10.1 Å². The third-order valence-corrected chi connectivity index (χ3v) is 4.05. The Morgan fingerprint density at radius 2 is 2.24 bits per heavy atom. The number of sulfonamides is 1. The molecule has 1 heterocycles. The van der Waals surface area contributed by atoms with Gasteiger partial charge in [-0.3, -0.25) is 0 Å². The minimum absolute atomic E-state index is 0.0386. The van der Waals surface area contributed by atoms with Crippen LogP contribution in [0.2, 0.25) is 0 Å². The summed E-state index contributed by atoms with van der Waals surface area (Å²) >= 11 is 0. The molecule has 1 aromatic carbocycles. The van der Waals surface area contributed by atoms with Crippen LogP contribution in [0.25, 0.3) is 0 Å². The van der Waals surface area contributed by atoms with Gasteiger partial charge in [0.2, 0.25) is 10.0 Å². The van der Waals surface area contributed by atoms with Crippen molar-refractivity contribution in [3.63, 3.8) is 0 Å². The number of rotatable bonds is 3. The first-order valence-corrected chi connectivity index (χ1v) is 6.62. The van der Waals surface area contributed by atoms with Gasteiger partial charge in [0.1, 0.15) is 5.82 Å². The average molecular weight is 260 g/mol. The Hall–Kier alpha value is -1.18. The van der Waals surface area contributed by atoms with Crippen molar-refractivity contribution in [1.82, 2.24) is 4.72 Å². The number of nitrogens with one attached hydrogen (secondary N) is 1. The van der Waals surface area contributed by atoms with Crippen molar-refractivity contribution < 1.29 is 17.5 Å². The normalized spacial score (nSPS) is 20.6. The molecule has 2 rings (SSSR count). The average Bonchev–Trinajstić information content (AvgIpc) is 2.73. The highest BCUT2D eigenvalue weighted by Crippen LogP contribution is 2.17. The molecule has 0 amide bonds. The second-order valence-corrected chi connectivity index (χ2v) is 5.58. The number of benzene rings is 1. The van der Waals surface area contributed by atoms with E-state index in [1.807, 2.05) is 0 Å². The maximum absolute atomic E-state index is 12.9. The van der Waals surface area contributed by atoms with Gasteiger partial charge >= 0.3 is 0 Å². The van der Waals surface area contributed by atoms with Gasteiger partial charge in [0, 0.05) is 12.6 Å². The summed E-state index contributed by atoms with van der Waals surface area (Å²) < 4.78 is 44.3.